The Morgan fingerprint density at radius 1 is 1.55 bits per heavy atom. The van der Waals surface area contributed by atoms with Gasteiger partial charge in [0.15, 0.2) is 0 Å². The van der Waals surface area contributed by atoms with Gasteiger partial charge in [-0.2, -0.15) is 0 Å². The highest BCUT2D eigenvalue weighted by molar-refractivity contribution is 7.07. The number of aryl methyl sites for hydroxylation is 1. The Balaban J connectivity index is 2.53. The maximum absolute atomic E-state index is 4.90. The number of thiazole rings is 1. The Morgan fingerprint density at radius 2 is 2.45 bits per heavy atom. The molecular formula is C7H6N2OS. The van der Waals surface area contributed by atoms with E-state index in [1.165, 1.54) is 0 Å². The first kappa shape index (κ1) is 6.54. The Hall–Kier alpha value is -1.16. The third-order valence-electron chi connectivity index (χ3n) is 1.46. The molecule has 11 heavy (non-hydrogen) atoms. The molecule has 2 aromatic heterocycles. The molecule has 56 valence electrons. The summed E-state index contributed by atoms with van der Waals surface area (Å²) in [6.45, 7) is 1.88. The summed E-state index contributed by atoms with van der Waals surface area (Å²) < 4.78 is 4.90. The Kier molecular flexibility index (Phi) is 1.47. The second-order valence-corrected chi connectivity index (χ2v) is 2.89. The van der Waals surface area contributed by atoms with Crippen molar-refractivity contribution >= 4 is 11.3 Å². The quantitative estimate of drug-likeness (QED) is 0.651. The first-order valence-corrected chi connectivity index (χ1v) is 4.12. The van der Waals surface area contributed by atoms with Crippen molar-refractivity contribution in [3.63, 3.8) is 0 Å². The van der Waals surface area contributed by atoms with Crippen molar-refractivity contribution in [2.45, 2.75) is 6.92 Å². The minimum atomic E-state index is 0.816. The van der Waals surface area contributed by atoms with Gasteiger partial charge >= 0.3 is 0 Å². The van der Waals surface area contributed by atoms with Crippen molar-refractivity contribution in [3.05, 3.63) is 22.8 Å². The summed E-state index contributed by atoms with van der Waals surface area (Å²) in [6, 6.07) is 0. The molecule has 0 saturated heterocycles. The minimum Gasteiger partial charge on any atom is -0.361 e. The van der Waals surface area contributed by atoms with Crippen LogP contribution in [-0.4, -0.2) is 10.1 Å². The molecule has 2 rings (SSSR count). The highest BCUT2D eigenvalue weighted by atomic mass is 32.1. The van der Waals surface area contributed by atoms with Crippen molar-refractivity contribution in [2.24, 2.45) is 0 Å². The van der Waals surface area contributed by atoms with Gasteiger partial charge in [0.1, 0.15) is 5.76 Å². The summed E-state index contributed by atoms with van der Waals surface area (Å²) in [5.41, 5.74) is 3.71. The molecule has 0 spiro atoms. The van der Waals surface area contributed by atoms with Crippen molar-refractivity contribution in [3.8, 4) is 11.3 Å². The van der Waals surface area contributed by atoms with Gasteiger partial charge in [0.25, 0.3) is 0 Å². The molecule has 2 aromatic rings. The predicted octanol–water partition coefficient (Wildman–Crippen LogP) is 2.11. The Bertz CT molecular complexity index is 339. The van der Waals surface area contributed by atoms with Crippen LogP contribution in [-0.2, 0) is 0 Å². The van der Waals surface area contributed by atoms with Gasteiger partial charge in [0, 0.05) is 5.38 Å². The largest absolute Gasteiger partial charge is 0.361 e. The number of aromatic nitrogens is 2. The maximum atomic E-state index is 4.90. The summed E-state index contributed by atoms with van der Waals surface area (Å²) >= 11 is 1.57. The summed E-state index contributed by atoms with van der Waals surface area (Å²) in [6.07, 6.45) is 1.68. The lowest BCUT2D eigenvalue weighted by atomic mass is 10.2. The van der Waals surface area contributed by atoms with E-state index in [0.717, 1.165) is 17.0 Å². The lowest BCUT2D eigenvalue weighted by molar-refractivity contribution is 0.398. The minimum absolute atomic E-state index is 0.816. The molecule has 0 aliphatic heterocycles. The summed E-state index contributed by atoms with van der Waals surface area (Å²) in [7, 11) is 0. The molecule has 0 bridgehead atoms. The molecule has 3 nitrogen and oxygen atoms in total. The van der Waals surface area contributed by atoms with E-state index in [2.05, 4.69) is 10.1 Å². The molecule has 0 atom stereocenters. The van der Waals surface area contributed by atoms with E-state index in [1.807, 2.05) is 12.3 Å². The first-order valence-electron chi connectivity index (χ1n) is 3.18. The van der Waals surface area contributed by atoms with Gasteiger partial charge in [-0.15, -0.1) is 11.3 Å². The van der Waals surface area contributed by atoms with E-state index in [4.69, 9.17) is 4.52 Å². The van der Waals surface area contributed by atoms with Crippen LogP contribution in [0.25, 0.3) is 11.3 Å². The van der Waals surface area contributed by atoms with Gasteiger partial charge in [0.05, 0.1) is 23.0 Å². The van der Waals surface area contributed by atoms with E-state index in [1.54, 1.807) is 23.0 Å². The average Bonchev–Trinajstić information content (AvgIpc) is 2.55. The van der Waals surface area contributed by atoms with Gasteiger partial charge in [-0.25, -0.2) is 4.98 Å². The second kappa shape index (κ2) is 2.47. The monoisotopic (exact) mass is 166 g/mol. The third kappa shape index (κ3) is 1.05. The third-order valence-corrected chi connectivity index (χ3v) is 2.05. The van der Waals surface area contributed by atoms with E-state index in [0.29, 0.717) is 0 Å². The molecular weight excluding hydrogens is 160 g/mol. The number of nitrogens with zero attached hydrogens (tertiary/aromatic N) is 2. The van der Waals surface area contributed by atoms with Gasteiger partial charge < -0.3 is 4.52 Å². The lowest BCUT2D eigenvalue weighted by Gasteiger charge is -1.87. The van der Waals surface area contributed by atoms with Gasteiger partial charge in [-0.05, 0) is 6.92 Å². The van der Waals surface area contributed by atoms with Crippen molar-refractivity contribution in [2.75, 3.05) is 0 Å². The zero-order valence-electron chi connectivity index (χ0n) is 5.94. The fourth-order valence-electron chi connectivity index (χ4n) is 0.890. The molecule has 0 radical (unpaired) electrons. The highest BCUT2D eigenvalue weighted by Crippen LogP contribution is 2.21. The van der Waals surface area contributed by atoms with Crippen LogP contribution in [0.15, 0.2) is 21.6 Å². The van der Waals surface area contributed by atoms with Crippen molar-refractivity contribution < 1.29 is 4.52 Å². The molecule has 0 aliphatic carbocycles. The second-order valence-electron chi connectivity index (χ2n) is 2.17. The first-order chi connectivity index (χ1) is 5.38. The van der Waals surface area contributed by atoms with E-state index < -0.39 is 0 Å². The lowest BCUT2D eigenvalue weighted by Crippen LogP contribution is -1.74. The fraction of sp³-hybridized carbons (Fsp3) is 0.143. The smallest absolute Gasteiger partial charge is 0.143 e. The van der Waals surface area contributed by atoms with Crippen LogP contribution < -0.4 is 0 Å². The van der Waals surface area contributed by atoms with Crippen molar-refractivity contribution in [1.82, 2.24) is 10.1 Å². The normalized spacial score (nSPS) is 10.3. The number of rotatable bonds is 1. The van der Waals surface area contributed by atoms with E-state index in [-0.39, 0.29) is 0 Å². The van der Waals surface area contributed by atoms with Crippen LogP contribution in [0.4, 0.5) is 0 Å². The van der Waals surface area contributed by atoms with Crippen LogP contribution in [0.1, 0.15) is 5.76 Å². The SMILES string of the molecule is Cc1oncc1-c1cscn1. The summed E-state index contributed by atoms with van der Waals surface area (Å²) in [5.74, 6) is 0.816. The zero-order valence-corrected chi connectivity index (χ0v) is 6.76. The Morgan fingerprint density at radius 3 is 3.00 bits per heavy atom. The van der Waals surface area contributed by atoms with E-state index >= 15 is 0 Å². The van der Waals surface area contributed by atoms with Gasteiger partial charge in [-0.1, -0.05) is 5.16 Å². The fourth-order valence-corrected chi connectivity index (χ4v) is 1.44. The van der Waals surface area contributed by atoms with Crippen LogP contribution >= 0.6 is 11.3 Å². The molecule has 0 saturated carbocycles. The molecule has 0 aliphatic rings. The maximum Gasteiger partial charge on any atom is 0.143 e. The van der Waals surface area contributed by atoms with Crippen molar-refractivity contribution in [1.29, 1.82) is 0 Å². The van der Waals surface area contributed by atoms with Crippen LogP contribution in [0.2, 0.25) is 0 Å². The average molecular weight is 166 g/mol. The van der Waals surface area contributed by atoms with Gasteiger partial charge in [-0.3, -0.25) is 0 Å². The van der Waals surface area contributed by atoms with E-state index in [9.17, 15) is 0 Å². The Labute approximate surface area is 67.7 Å². The summed E-state index contributed by atoms with van der Waals surface area (Å²) in [4.78, 5) is 4.14. The van der Waals surface area contributed by atoms with Crippen LogP contribution in [0.5, 0.6) is 0 Å². The standard InChI is InChI=1S/C7H6N2OS/c1-5-6(2-9-10-5)7-3-11-4-8-7/h2-4H,1H3. The molecule has 0 fully saturated rings. The molecule has 0 unspecified atom stereocenters. The predicted molar refractivity (Wildman–Crippen MR) is 42.3 cm³/mol. The highest BCUT2D eigenvalue weighted by Gasteiger charge is 2.06. The zero-order chi connectivity index (χ0) is 7.68. The van der Waals surface area contributed by atoms with Crippen LogP contribution in [0.3, 0.4) is 0 Å². The summed E-state index contributed by atoms with van der Waals surface area (Å²) in [5, 5.41) is 5.64. The number of hydrogen-bond acceptors (Lipinski definition) is 4. The molecule has 2 heterocycles. The molecule has 4 heteroatoms. The topological polar surface area (TPSA) is 38.9 Å². The van der Waals surface area contributed by atoms with Gasteiger partial charge in [0.2, 0.25) is 0 Å². The van der Waals surface area contributed by atoms with Crippen LogP contribution in [0, 0.1) is 6.92 Å². The molecule has 0 amide bonds. The number of hydrogen-bond donors (Lipinski definition) is 0. The molecule has 0 N–H and O–H groups in total. The molecule has 0 aromatic carbocycles.